The molecule has 0 saturated heterocycles. The van der Waals surface area contributed by atoms with E-state index in [0.717, 1.165) is 48.4 Å². The number of anilines is 2. The average molecular weight is 415 g/mol. The number of fused-ring (bicyclic) bond motifs is 2. The van der Waals surface area contributed by atoms with Crippen molar-refractivity contribution in [1.29, 1.82) is 5.26 Å². The molecule has 0 unspecified atom stereocenters. The van der Waals surface area contributed by atoms with Crippen molar-refractivity contribution in [2.45, 2.75) is 26.1 Å². The third kappa shape index (κ3) is 3.83. The maximum Gasteiger partial charge on any atom is 0.338 e. The summed E-state index contributed by atoms with van der Waals surface area (Å²) in [6.07, 6.45) is 2.58. The second-order valence-electron chi connectivity index (χ2n) is 7.63. The third-order valence-electron chi connectivity index (χ3n) is 5.51. The number of hydrogen-bond donors (Lipinski definition) is 1. The molecule has 2 aliphatic rings. The Hall–Kier alpha value is -3.83. The van der Waals surface area contributed by atoms with Crippen LogP contribution in [-0.4, -0.2) is 27.4 Å². The van der Waals surface area contributed by atoms with Crippen LogP contribution in [0, 0.1) is 17.1 Å². The molecular formula is C23H18FN5O2. The number of carbonyl (C=O) groups is 1. The Kier molecular flexibility index (Phi) is 4.81. The number of esters is 1. The van der Waals surface area contributed by atoms with Gasteiger partial charge in [-0.25, -0.2) is 19.2 Å². The highest BCUT2D eigenvalue weighted by Gasteiger charge is 2.23. The molecule has 0 spiro atoms. The van der Waals surface area contributed by atoms with Gasteiger partial charge in [-0.1, -0.05) is 12.1 Å². The largest absolute Gasteiger partial charge is 0.457 e. The van der Waals surface area contributed by atoms with Crippen LogP contribution in [0.1, 0.15) is 38.3 Å². The lowest BCUT2D eigenvalue weighted by Gasteiger charge is -2.28. The van der Waals surface area contributed by atoms with Crippen molar-refractivity contribution in [3.8, 4) is 6.07 Å². The number of nitrogens with zero attached hydrogens (tertiary/aromatic N) is 4. The highest BCUT2D eigenvalue weighted by Crippen LogP contribution is 2.25. The van der Waals surface area contributed by atoms with Crippen LogP contribution in [0.3, 0.4) is 0 Å². The Labute approximate surface area is 178 Å². The first kappa shape index (κ1) is 19.2. The van der Waals surface area contributed by atoms with Gasteiger partial charge in [0.2, 0.25) is 5.95 Å². The number of cyclic esters (lactones) is 1. The molecule has 7 nitrogen and oxygen atoms in total. The van der Waals surface area contributed by atoms with Gasteiger partial charge in [-0.05, 0) is 29.8 Å². The monoisotopic (exact) mass is 415 g/mol. The normalized spacial score (nSPS) is 15.0. The number of aromatic nitrogens is 2. The van der Waals surface area contributed by atoms with Gasteiger partial charge >= 0.3 is 5.97 Å². The van der Waals surface area contributed by atoms with E-state index in [1.54, 1.807) is 18.3 Å². The molecule has 0 fully saturated rings. The lowest BCUT2D eigenvalue weighted by molar-refractivity contribution is 0.0535. The van der Waals surface area contributed by atoms with Crippen molar-refractivity contribution < 1.29 is 13.9 Å². The molecule has 8 heteroatoms. The predicted octanol–water partition coefficient (Wildman–Crippen LogP) is 3.46. The molecule has 3 heterocycles. The lowest BCUT2D eigenvalue weighted by atomic mass is 10.0. The average Bonchev–Trinajstić information content (AvgIpc) is 3.14. The molecule has 0 aliphatic carbocycles. The summed E-state index contributed by atoms with van der Waals surface area (Å²) < 4.78 is 18.9. The number of hydrogen-bond acceptors (Lipinski definition) is 7. The van der Waals surface area contributed by atoms with E-state index < -0.39 is 5.82 Å². The standard InChI is InChI=1S/C23H18FN5O2/c24-20-8-18(3-2-15(20)9-25)27-23-26-10-17-12-29(6-5-21(17)28-23)11-14-1-4-19-16(7-14)13-31-22(19)30/h1-4,7-8,10H,5-6,11-13H2,(H,26,27,28). The molecule has 2 aliphatic heterocycles. The number of benzene rings is 2. The van der Waals surface area contributed by atoms with E-state index in [-0.39, 0.29) is 11.5 Å². The van der Waals surface area contributed by atoms with Crippen LogP contribution in [0.5, 0.6) is 0 Å². The highest BCUT2D eigenvalue weighted by molar-refractivity contribution is 5.93. The molecule has 1 aromatic heterocycles. The van der Waals surface area contributed by atoms with Gasteiger partial charge in [-0.3, -0.25) is 4.90 Å². The van der Waals surface area contributed by atoms with Crippen LogP contribution in [-0.2, 0) is 30.9 Å². The Morgan fingerprint density at radius 1 is 1.23 bits per heavy atom. The van der Waals surface area contributed by atoms with E-state index in [4.69, 9.17) is 10.00 Å². The summed E-state index contributed by atoms with van der Waals surface area (Å²) in [4.78, 5) is 22.9. The molecule has 3 aromatic rings. The number of nitrogens with one attached hydrogen (secondary N) is 1. The predicted molar refractivity (Wildman–Crippen MR) is 110 cm³/mol. The van der Waals surface area contributed by atoms with Crippen LogP contribution in [0.25, 0.3) is 0 Å². The summed E-state index contributed by atoms with van der Waals surface area (Å²) >= 11 is 0. The minimum atomic E-state index is -0.580. The Morgan fingerprint density at radius 2 is 2.13 bits per heavy atom. The van der Waals surface area contributed by atoms with E-state index in [2.05, 4.69) is 20.2 Å². The molecule has 0 atom stereocenters. The summed E-state index contributed by atoms with van der Waals surface area (Å²) in [7, 11) is 0. The number of halogens is 1. The minimum absolute atomic E-state index is 0.000466. The van der Waals surface area contributed by atoms with Gasteiger partial charge in [0, 0.05) is 49.1 Å². The SMILES string of the molecule is N#Cc1ccc(Nc2ncc3c(n2)CCN(Cc2ccc4c(c2)COC4=O)C3)cc1F. The lowest BCUT2D eigenvalue weighted by Crippen LogP contribution is -2.31. The smallest absolute Gasteiger partial charge is 0.338 e. The van der Waals surface area contributed by atoms with Crippen LogP contribution in [0.2, 0.25) is 0 Å². The first-order chi connectivity index (χ1) is 15.1. The molecule has 0 bridgehead atoms. The van der Waals surface area contributed by atoms with Crippen LogP contribution in [0.4, 0.5) is 16.0 Å². The van der Waals surface area contributed by atoms with E-state index in [9.17, 15) is 9.18 Å². The number of ether oxygens (including phenoxy) is 1. The first-order valence-electron chi connectivity index (χ1n) is 9.92. The van der Waals surface area contributed by atoms with Crippen LogP contribution < -0.4 is 5.32 Å². The van der Waals surface area contributed by atoms with Crippen molar-refractivity contribution in [3.05, 3.63) is 81.9 Å². The zero-order valence-corrected chi connectivity index (χ0v) is 16.6. The van der Waals surface area contributed by atoms with Gasteiger partial charge in [-0.2, -0.15) is 5.26 Å². The van der Waals surface area contributed by atoms with E-state index in [1.807, 2.05) is 18.2 Å². The summed E-state index contributed by atoms with van der Waals surface area (Å²) in [6, 6.07) is 12.0. The summed E-state index contributed by atoms with van der Waals surface area (Å²) in [5.74, 6) is -0.429. The highest BCUT2D eigenvalue weighted by atomic mass is 19.1. The second kappa shape index (κ2) is 7.78. The summed E-state index contributed by atoms with van der Waals surface area (Å²) in [6.45, 7) is 2.69. The van der Waals surface area contributed by atoms with Gasteiger partial charge < -0.3 is 10.1 Å². The molecule has 1 N–H and O–H groups in total. The molecule has 2 aromatic carbocycles. The molecule has 0 amide bonds. The third-order valence-corrected chi connectivity index (χ3v) is 5.51. The molecule has 5 rings (SSSR count). The molecule has 0 radical (unpaired) electrons. The van der Waals surface area contributed by atoms with E-state index >= 15 is 0 Å². The van der Waals surface area contributed by atoms with Crippen LogP contribution >= 0.6 is 0 Å². The Balaban J connectivity index is 1.26. The maximum atomic E-state index is 13.8. The van der Waals surface area contributed by atoms with Crippen molar-refractivity contribution >= 4 is 17.6 Å². The van der Waals surface area contributed by atoms with E-state index in [0.29, 0.717) is 23.8 Å². The molecule has 31 heavy (non-hydrogen) atoms. The van der Waals surface area contributed by atoms with Gasteiger partial charge in [0.05, 0.1) is 16.8 Å². The fraction of sp³-hybridized carbons (Fsp3) is 0.217. The van der Waals surface area contributed by atoms with Crippen molar-refractivity contribution in [3.63, 3.8) is 0 Å². The quantitative estimate of drug-likeness (QED) is 0.653. The van der Waals surface area contributed by atoms with Crippen molar-refractivity contribution in [2.75, 3.05) is 11.9 Å². The number of carbonyl (C=O) groups excluding carboxylic acids is 1. The molecule has 0 saturated carbocycles. The topological polar surface area (TPSA) is 91.1 Å². The van der Waals surface area contributed by atoms with Gasteiger partial charge in [0.25, 0.3) is 0 Å². The van der Waals surface area contributed by atoms with E-state index in [1.165, 1.54) is 12.1 Å². The fourth-order valence-electron chi connectivity index (χ4n) is 3.93. The maximum absolute atomic E-state index is 13.8. The van der Waals surface area contributed by atoms with Crippen LogP contribution in [0.15, 0.2) is 42.6 Å². The molecular weight excluding hydrogens is 397 g/mol. The Bertz CT molecular complexity index is 1240. The van der Waals surface area contributed by atoms with Gasteiger partial charge in [0.1, 0.15) is 18.5 Å². The Morgan fingerprint density at radius 3 is 2.97 bits per heavy atom. The number of nitriles is 1. The zero-order chi connectivity index (χ0) is 21.4. The first-order valence-corrected chi connectivity index (χ1v) is 9.92. The van der Waals surface area contributed by atoms with Crippen molar-refractivity contribution in [1.82, 2.24) is 14.9 Å². The fourth-order valence-corrected chi connectivity index (χ4v) is 3.93. The van der Waals surface area contributed by atoms with Gasteiger partial charge in [0.15, 0.2) is 0 Å². The zero-order valence-electron chi connectivity index (χ0n) is 16.6. The molecule has 154 valence electrons. The second-order valence-corrected chi connectivity index (χ2v) is 7.63. The minimum Gasteiger partial charge on any atom is -0.457 e. The van der Waals surface area contributed by atoms with Gasteiger partial charge in [-0.15, -0.1) is 0 Å². The number of rotatable bonds is 4. The summed E-state index contributed by atoms with van der Waals surface area (Å²) in [5.41, 5.74) is 5.26. The summed E-state index contributed by atoms with van der Waals surface area (Å²) in [5, 5.41) is 11.8. The van der Waals surface area contributed by atoms with Crippen molar-refractivity contribution in [2.24, 2.45) is 0 Å².